The first-order chi connectivity index (χ1) is 18.5. The molecule has 1 N–H and O–H groups in total. The van der Waals surface area contributed by atoms with Crippen molar-refractivity contribution in [2.45, 2.75) is 55.4 Å². The molecule has 7 nitrogen and oxygen atoms in total. The molecule has 3 aromatic carbocycles. The van der Waals surface area contributed by atoms with E-state index in [4.69, 9.17) is 27.9 Å². The number of nitrogens with zero attached hydrogens (tertiary/aromatic N) is 1. The van der Waals surface area contributed by atoms with Gasteiger partial charge in [-0.3, -0.25) is 4.79 Å². The largest absolute Gasteiger partial charge is 0.480 e. The Balaban J connectivity index is 1.89. The summed E-state index contributed by atoms with van der Waals surface area (Å²) in [4.78, 5) is 28.2. The molecule has 0 saturated carbocycles. The number of carbonyl (C=O) groups excluding carboxylic acids is 1. The van der Waals surface area contributed by atoms with Crippen molar-refractivity contribution >= 4 is 44.9 Å². The van der Waals surface area contributed by atoms with Gasteiger partial charge in [-0.2, -0.15) is 0 Å². The molecule has 3 aromatic rings. The van der Waals surface area contributed by atoms with E-state index in [2.05, 4.69) is 0 Å². The van der Waals surface area contributed by atoms with E-state index in [0.717, 1.165) is 6.26 Å². The normalized spacial score (nSPS) is 20.6. The summed E-state index contributed by atoms with van der Waals surface area (Å²) in [6.45, 7) is 1.86. The Kier molecular flexibility index (Phi) is 9.01. The third kappa shape index (κ3) is 6.47. The maximum Gasteiger partial charge on any atom is 0.326 e. The van der Waals surface area contributed by atoms with Crippen LogP contribution < -0.4 is 0 Å². The van der Waals surface area contributed by atoms with E-state index in [0.29, 0.717) is 33.2 Å². The fourth-order valence-corrected chi connectivity index (χ4v) is 6.24. The first-order valence-corrected chi connectivity index (χ1v) is 15.1. The van der Waals surface area contributed by atoms with Crippen LogP contribution in [0.3, 0.4) is 0 Å². The lowest BCUT2D eigenvalue weighted by molar-refractivity contribution is -0.184. The molecule has 1 unspecified atom stereocenters. The Morgan fingerprint density at radius 1 is 0.974 bits per heavy atom. The van der Waals surface area contributed by atoms with Gasteiger partial charge in [-0.25, -0.2) is 13.2 Å². The molecule has 1 aliphatic heterocycles. The molecule has 4 atom stereocenters. The van der Waals surface area contributed by atoms with Crippen LogP contribution in [0, 0.1) is 0 Å². The van der Waals surface area contributed by atoms with Crippen LogP contribution >= 0.6 is 23.2 Å². The van der Waals surface area contributed by atoms with Crippen LogP contribution in [0.5, 0.6) is 0 Å². The maximum atomic E-state index is 14.1. The second kappa shape index (κ2) is 12.1. The molecule has 4 rings (SSSR count). The summed E-state index contributed by atoms with van der Waals surface area (Å²) in [5, 5.41) is 11.3. The zero-order valence-electron chi connectivity index (χ0n) is 21.5. The number of hydrogen-bond acceptors (Lipinski definition) is 5. The summed E-state index contributed by atoms with van der Waals surface area (Å²) in [6, 6.07) is 18.4. The molecule has 1 saturated heterocycles. The molecule has 1 amide bonds. The number of amides is 1. The molecule has 206 valence electrons. The molecular formula is C29H29Cl2NO6S. The third-order valence-corrected chi connectivity index (χ3v) is 8.50. The summed E-state index contributed by atoms with van der Waals surface area (Å²) in [6.07, 6.45) is -0.0795. The zero-order valence-corrected chi connectivity index (χ0v) is 23.8. The van der Waals surface area contributed by atoms with Gasteiger partial charge in [0.15, 0.2) is 9.84 Å². The molecule has 0 spiro atoms. The number of halogens is 2. The van der Waals surface area contributed by atoms with E-state index in [9.17, 15) is 23.1 Å². The third-order valence-electron chi connectivity index (χ3n) is 6.80. The van der Waals surface area contributed by atoms with Gasteiger partial charge in [0.05, 0.1) is 10.9 Å². The lowest BCUT2D eigenvalue weighted by Gasteiger charge is -2.47. The summed E-state index contributed by atoms with van der Waals surface area (Å²) < 4.78 is 31.4. The van der Waals surface area contributed by atoms with Gasteiger partial charge in [-0.05, 0) is 53.4 Å². The second-order valence-corrected chi connectivity index (χ2v) is 12.4. The number of carbonyl (C=O) groups is 2. The van der Waals surface area contributed by atoms with E-state index in [1.807, 2.05) is 6.92 Å². The van der Waals surface area contributed by atoms with Gasteiger partial charge in [-0.15, -0.1) is 0 Å². The predicted molar refractivity (Wildman–Crippen MR) is 150 cm³/mol. The fourth-order valence-electron chi connectivity index (χ4n) is 5.04. The summed E-state index contributed by atoms with van der Waals surface area (Å²) in [5.74, 6) is -1.65. The van der Waals surface area contributed by atoms with Crippen molar-refractivity contribution in [1.82, 2.24) is 4.90 Å². The van der Waals surface area contributed by atoms with E-state index >= 15 is 0 Å². The number of ether oxygens (including phenoxy) is 1. The number of sulfone groups is 1. The average molecular weight is 591 g/mol. The van der Waals surface area contributed by atoms with Crippen LogP contribution in [0.4, 0.5) is 0 Å². The molecule has 0 aliphatic carbocycles. The smallest absolute Gasteiger partial charge is 0.326 e. The minimum atomic E-state index is -3.58. The van der Waals surface area contributed by atoms with Crippen LogP contribution in [0.25, 0.3) is 0 Å². The van der Waals surface area contributed by atoms with Crippen molar-refractivity contribution in [3.8, 4) is 0 Å². The Hall–Kier alpha value is -2.91. The van der Waals surface area contributed by atoms with E-state index < -0.39 is 46.0 Å². The number of carboxylic acid groups (broad SMARTS) is 1. The zero-order chi connectivity index (χ0) is 28.3. The minimum Gasteiger partial charge on any atom is -0.480 e. The van der Waals surface area contributed by atoms with Gasteiger partial charge in [0.25, 0.3) is 5.91 Å². The fraction of sp³-hybridized carbons (Fsp3) is 0.310. The lowest BCUT2D eigenvalue weighted by Crippen LogP contribution is -2.57. The SMILES string of the molecule is CCCC(C(=O)O)N1C(=O)[C@H](Cc2ccccc2S(C)(=O)=O)O[C@@H](c2ccc(Cl)cc2)[C@H]1c1ccc(Cl)cc1. The molecule has 0 radical (unpaired) electrons. The van der Waals surface area contributed by atoms with Crippen LogP contribution in [0.15, 0.2) is 77.7 Å². The number of rotatable bonds is 9. The van der Waals surface area contributed by atoms with Crippen molar-refractivity contribution in [3.63, 3.8) is 0 Å². The first-order valence-electron chi connectivity index (χ1n) is 12.5. The van der Waals surface area contributed by atoms with Crippen molar-refractivity contribution in [3.05, 3.63) is 99.5 Å². The summed E-state index contributed by atoms with van der Waals surface area (Å²) in [5.41, 5.74) is 1.77. The van der Waals surface area contributed by atoms with Crippen LogP contribution in [0.2, 0.25) is 10.0 Å². The summed E-state index contributed by atoms with van der Waals surface area (Å²) >= 11 is 12.3. The molecule has 10 heteroatoms. The number of hydrogen-bond donors (Lipinski definition) is 1. The van der Waals surface area contributed by atoms with Crippen molar-refractivity contribution in [2.75, 3.05) is 6.26 Å². The topological polar surface area (TPSA) is 101 Å². The highest BCUT2D eigenvalue weighted by atomic mass is 35.5. The minimum absolute atomic E-state index is 0.0472. The Labute approximate surface area is 238 Å². The van der Waals surface area contributed by atoms with Gasteiger partial charge < -0.3 is 14.7 Å². The van der Waals surface area contributed by atoms with Gasteiger partial charge in [0.1, 0.15) is 18.2 Å². The Bertz CT molecular complexity index is 1440. The van der Waals surface area contributed by atoms with E-state index in [1.165, 1.54) is 11.0 Å². The van der Waals surface area contributed by atoms with Gasteiger partial charge >= 0.3 is 5.97 Å². The van der Waals surface area contributed by atoms with Gasteiger partial charge in [0, 0.05) is 22.7 Å². The van der Waals surface area contributed by atoms with Crippen LogP contribution in [0.1, 0.15) is 48.6 Å². The number of aliphatic carboxylic acids is 1. The van der Waals surface area contributed by atoms with Gasteiger partial charge in [-0.1, -0.05) is 79.0 Å². The van der Waals surface area contributed by atoms with Crippen molar-refractivity contribution < 1.29 is 27.9 Å². The molecule has 0 aromatic heterocycles. The maximum absolute atomic E-state index is 14.1. The quantitative estimate of drug-likeness (QED) is 0.333. The monoisotopic (exact) mass is 589 g/mol. The lowest BCUT2D eigenvalue weighted by atomic mass is 9.88. The standard InChI is InChI=1S/C29H29Cl2NO6S/c1-3-6-23(29(34)35)32-26(18-9-13-21(30)14-10-18)27(19-11-15-22(31)16-12-19)38-24(28(32)33)17-20-7-4-5-8-25(20)39(2,36)37/h4-5,7-16,23-24,26-27H,3,6,17H2,1-2H3,(H,34,35)/t23?,24-,26+,27-/m0/s1. The van der Waals surface area contributed by atoms with Gasteiger partial charge in [0.2, 0.25) is 0 Å². The van der Waals surface area contributed by atoms with Crippen LogP contribution in [-0.2, 0) is 30.6 Å². The molecule has 0 bridgehead atoms. The summed E-state index contributed by atoms with van der Waals surface area (Å²) in [7, 11) is -3.58. The highest BCUT2D eigenvalue weighted by Crippen LogP contribution is 2.44. The Morgan fingerprint density at radius 2 is 1.54 bits per heavy atom. The second-order valence-electron chi connectivity index (χ2n) is 9.57. The number of benzene rings is 3. The van der Waals surface area contributed by atoms with E-state index in [1.54, 1.807) is 66.7 Å². The molecule has 39 heavy (non-hydrogen) atoms. The molecule has 1 aliphatic rings. The highest BCUT2D eigenvalue weighted by Gasteiger charge is 2.48. The highest BCUT2D eigenvalue weighted by molar-refractivity contribution is 7.90. The Morgan fingerprint density at radius 3 is 2.08 bits per heavy atom. The van der Waals surface area contributed by atoms with Crippen molar-refractivity contribution in [1.29, 1.82) is 0 Å². The van der Waals surface area contributed by atoms with Crippen LogP contribution in [-0.4, -0.2) is 48.7 Å². The molecular weight excluding hydrogens is 561 g/mol. The first kappa shape index (κ1) is 29.1. The molecule has 1 fully saturated rings. The molecule has 1 heterocycles. The van der Waals surface area contributed by atoms with E-state index in [-0.39, 0.29) is 17.7 Å². The van der Waals surface area contributed by atoms with Crippen molar-refractivity contribution in [2.24, 2.45) is 0 Å². The predicted octanol–water partition coefficient (Wildman–Crippen LogP) is 5.90. The number of morpholine rings is 1. The average Bonchev–Trinajstić information content (AvgIpc) is 2.89. The number of carboxylic acids is 1.